The number of amides is 3. The van der Waals surface area contributed by atoms with Gasteiger partial charge in [0.05, 0.1) is 11.8 Å². The summed E-state index contributed by atoms with van der Waals surface area (Å²) in [5.41, 5.74) is 2.76. The summed E-state index contributed by atoms with van der Waals surface area (Å²) in [6, 6.07) is 5.90. The fraction of sp³-hybridized carbons (Fsp3) is 0.500. The van der Waals surface area contributed by atoms with Gasteiger partial charge in [-0.3, -0.25) is 24.2 Å². The summed E-state index contributed by atoms with van der Waals surface area (Å²) in [5.74, 6) is 0.797. The van der Waals surface area contributed by atoms with Crippen molar-refractivity contribution >= 4 is 23.4 Å². The lowest BCUT2D eigenvalue weighted by atomic mass is 9.63. The van der Waals surface area contributed by atoms with E-state index in [-0.39, 0.29) is 48.1 Å². The van der Waals surface area contributed by atoms with Crippen LogP contribution in [0.5, 0.6) is 0 Å². The Morgan fingerprint density at radius 2 is 1.67 bits per heavy atom. The number of anilines is 1. The van der Waals surface area contributed by atoms with E-state index >= 15 is 0 Å². The minimum Gasteiger partial charge on any atom is -0.294 e. The average Bonchev–Trinajstić information content (AvgIpc) is 3.41. The quantitative estimate of drug-likeness (QED) is 0.612. The van der Waals surface area contributed by atoms with E-state index in [4.69, 9.17) is 0 Å². The molecule has 2 bridgehead atoms. The lowest BCUT2D eigenvalue weighted by Crippen LogP contribution is -2.44. The number of hydrogen-bond donors (Lipinski definition) is 0. The first-order valence-corrected chi connectivity index (χ1v) is 9.77. The van der Waals surface area contributed by atoms with Gasteiger partial charge >= 0.3 is 0 Å². The molecule has 5 heteroatoms. The van der Waals surface area contributed by atoms with Gasteiger partial charge in [0.1, 0.15) is 6.67 Å². The van der Waals surface area contributed by atoms with Gasteiger partial charge in [-0.1, -0.05) is 24.3 Å². The summed E-state index contributed by atoms with van der Waals surface area (Å²) < 4.78 is 0. The molecule has 6 rings (SSSR count). The molecule has 0 radical (unpaired) electrons. The average molecular weight is 364 g/mol. The van der Waals surface area contributed by atoms with Crippen LogP contribution in [-0.4, -0.2) is 29.3 Å². The summed E-state index contributed by atoms with van der Waals surface area (Å²) in [7, 11) is 0. The van der Waals surface area contributed by atoms with E-state index in [0.29, 0.717) is 11.8 Å². The molecule has 2 saturated carbocycles. The van der Waals surface area contributed by atoms with Gasteiger partial charge in [-0.2, -0.15) is 0 Å². The molecule has 1 saturated heterocycles. The van der Waals surface area contributed by atoms with E-state index in [1.54, 1.807) is 4.90 Å². The number of aryl methyl sites for hydroxylation is 2. The van der Waals surface area contributed by atoms with Crippen molar-refractivity contribution in [1.82, 2.24) is 4.90 Å². The largest absolute Gasteiger partial charge is 0.294 e. The maximum Gasteiger partial charge on any atom is 0.235 e. The van der Waals surface area contributed by atoms with Crippen molar-refractivity contribution < 1.29 is 14.4 Å². The van der Waals surface area contributed by atoms with E-state index in [1.165, 1.54) is 11.8 Å². The zero-order valence-electron chi connectivity index (χ0n) is 15.9. The van der Waals surface area contributed by atoms with Gasteiger partial charge in [-0.15, -0.1) is 0 Å². The summed E-state index contributed by atoms with van der Waals surface area (Å²) in [5, 5.41) is 0. The second-order valence-electron chi connectivity index (χ2n) is 8.64. The summed E-state index contributed by atoms with van der Waals surface area (Å²) >= 11 is 0. The minimum atomic E-state index is -0.219. The van der Waals surface area contributed by atoms with Crippen LogP contribution < -0.4 is 4.90 Å². The highest BCUT2D eigenvalue weighted by Gasteiger charge is 2.67. The molecule has 1 aliphatic heterocycles. The fourth-order valence-corrected chi connectivity index (χ4v) is 5.66. The Hall–Kier alpha value is -2.43. The molecule has 6 unspecified atom stereocenters. The number of carbonyl (C=O) groups is 3. The van der Waals surface area contributed by atoms with Gasteiger partial charge in [0.2, 0.25) is 17.7 Å². The molecule has 1 heterocycles. The number of imide groups is 1. The van der Waals surface area contributed by atoms with Crippen molar-refractivity contribution in [2.24, 2.45) is 35.5 Å². The van der Waals surface area contributed by atoms with Crippen LogP contribution in [0.1, 0.15) is 24.5 Å². The SMILES string of the molecule is CC(=O)N(CN1C(=O)C2C3C=CC(C4CC34)C2C1=O)c1cc(C)ccc1C. The Bertz CT molecular complexity index is 869. The van der Waals surface area contributed by atoms with Crippen LogP contribution in [0.25, 0.3) is 0 Å². The predicted octanol–water partition coefficient (Wildman–Crippen LogP) is 2.67. The Morgan fingerprint density at radius 3 is 2.22 bits per heavy atom. The first-order valence-electron chi connectivity index (χ1n) is 9.77. The summed E-state index contributed by atoms with van der Waals surface area (Å²) in [6.45, 7) is 5.41. The van der Waals surface area contributed by atoms with Crippen LogP contribution in [0.15, 0.2) is 30.4 Å². The van der Waals surface area contributed by atoms with E-state index < -0.39 is 0 Å². The van der Waals surface area contributed by atoms with Crippen molar-refractivity contribution in [1.29, 1.82) is 0 Å². The molecular formula is C22H24N2O3. The van der Waals surface area contributed by atoms with E-state index in [9.17, 15) is 14.4 Å². The first kappa shape index (κ1) is 16.7. The molecule has 27 heavy (non-hydrogen) atoms. The molecule has 1 aromatic carbocycles. The molecule has 5 aliphatic rings. The molecule has 3 fully saturated rings. The standard InChI is InChI=1S/C22H24N2O3/c1-11-4-5-12(2)18(8-11)23(13(3)25)10-24-21(26)19-14-6-7-15(17-9-16(14)17)20(19)22(24)27/h4-8,14-17,19-20H,9-10H2,1-3H3. The molecule has 4 aliphatic carbocycles. The molecule has 3 amide bonds. The number of hydrogen-bond acceptors (Lipinski definition) is 3. The second-order valence-corrected chi connectivity index (χ2v) is 8.64. The third-order valence-corrected chi connectivity index (χ3v) is 7.07. The van der Waals surface area contributed by atoms with E-state index in [0.717, 1.165) is 23.2 Å². The smallest absolute Gasteiger partial charge is 0.235 e. The van der Waals surface area contributed by atoms with Crippen molar-refractivity contribution in [3.63, 3.8) is 0 Å². The second kappa shape index (κ2) is 5.54. The van der Waals surface area contributed by atoms with Crippen molar-refractivity contribution in [3.8, 4) is 0 Å². The number of allylic oxidation sites excluding steroid dienone is 2. The van der Waals surface area contributed by atoms with Crippen molar-refractivity contribution in [2.45, 2.75) is 27.2 Å². The van der Waals surface area contributed by atoms with Crippen LogP contribution in [0.2, 0.25) is 0 Å². The first-order chi connectivity index (χ1) is 12.9. The number of nitrogens with zero attached hydrogens (tertiary/aromatic N) is 2. The van der Waals surface area contributed by atoms with Gasteiger partial charge in [0, 0.05) is 12.6 Å². The molecule has 5 nitrogen and oxygen atoms in total. The lowest BCUT2D eigenvalue weighted by molar-refractivity contribution is -0.140. The topological polar surface area (TPSA) is 57.7 Å². The van der Waals surface area contributed by atoms with Crippen molar-refractivity contribution in [3.05, 3.63) is 41.5 Å². The highest BCUT2D eigenvalue weighted by Crippen LogP contribution is 2.65. The number of carbonyl (C=O) groups excluding carboxylic acids is 3. The number of likely N-dealkylation sites (tertiary alicyclic amines) is 1. The van der Waals surface area contributed by atoms with Gasteiger partial charge in [-0.25, -0.2) is 0 Å². The van der Waals surface area contributed by atoms with Crippen LogP contribution in [0, 0.1) is 49.4 Å². The summed E-state index contributed by atoms with van der Waals surface area (Å²) in [6.07, 6.45) is 5.49. The zero-order valence-corrected chi connectivity index (χ0v) is 15.9. The van der Waals surface area contributed by atoms with Gasteiger partial charge < -0.3 is 0 Å². The van der Waals surface area contributed by atoms with Crippen LogP contribution >= 0.6 is 0 Å². The Balaban J connectivity index is 1.46. The molecule has 0 spiro atoms. The molecule has 0 N–H and O–H groups in total. The number of rotatable bonds is 3. The minimum absolute atomic E-state index is 0.0130. The highest BCUT2D eigenvalue weighted by atomic mass is 16.2. The Morgan fingerprint density at radius 1 is 1.07 bits per heavy atom. The fourth-order valence-electron chi connectivity index (χ4n) is 5.66. The molecular weight excluding hydrogens is 340 g/mol. The van der Waals surface area contributed by atoms with Crippen LogP contribution in [0.3, 0.4) is 0 Å². The van der Waals surface area contributed by atoms with E-state index in [1.807, 2.05) is 32.0 Å². The number of benzene rings is 1. The van der Waals surface area contributed by atoms with Crippen LogP contribution in [0.4, 0.5) is 5.69 Å². The summed E-state index contributed by atoms with van der Waals surface area (Å²) in [4.78, 5) is 41.6. The van der Waals surface area contributed by atoms with Crippen molar-refractivity contribution in [2.75, 3.05) is 11.6 Å². The van der Waals surface area contributed by atoms with E-state index in [2.05, 4.69) is 12.2 Å². The molecule has 1 aromatic rings. The molecule has 0 aromatic heterocycles. The van der Waals surface area contributed by atoms with Gasteiger partial charge in [-0.05, 0) is 61.1 Å². The van der Waals surface area contributed by atoms with Gasteiger partial charge in [0.25, 0.3) is 0 Å². The molecule has 140 valence electrons. The normalized spacial score (nSPS) is 35.3. The Kier molecular flexibility index (Phi) is 3.43. The monoisotopic (exact) mass is 364 g/mol. The maximum atomic E-state index is 13.2. The van der Waals surface area contributed by atoms with Gasteiger partial charge in [0.15, 0.2) is 0 Å². The maximum absolute atomic E-state index is 13.2. The Labute approximate surface area is 159 Å². The highest BCUT2D eigenvalue weighted by molar-refractivity contribution is 6.07. The third kappa shape index (κ3) is 2.27. The van der Waals surface area contributed by atoms with Crippen LogP contribution in [-0.2, 0) is 14.4 Å². The lowest BCUT2D eigenvalue weighted by Gasteiger charge is -2.37. The third-order valence-electron chi connectivity index (χ3n) is 7.07. The predicted molar refractivity (Wildman–Crippen MR) is 100 cm³/mol. The zero-order chi connectivity index (χ0) is 19.0. The molecule has 6 atom stereocenters.